The Morgan fingerprint density at radius 2 is 1.86 bits per heavy atom. The van der Waals surface area contributed by atoms with Crippen LogP contribution >= 0.6 is 0 Å². The number of ether oxygens (including phenoxy) is 1. The SMILES string of the molecule is COc1ccc(F)c(F)c1C(=O)N1CCC([C@@H](O)CCc2ccccc2)CC1. The number of likely N-dealkylation sites (tertiary alicyclic amines) is 1. The van der Waals surface area contributed by atoms with Crippen molar-refractivity contribution in [1.29, 1.82) is 0 Å². The van der Waals surface area contributed by atoms with Crippen LogP contribution < -0.4 is 4.74 Å². The van der Waals surface area contributed by atoms with E-state index in [2.05, 4.69) is 0 Å². The maximum absolute atomic E-state index is 14.2. The summed E-state index contributed by atoms with van der Waals surface area (Å²) in [6.45, 7) is 0.788. The highest BCUT2D eigenvalue weighted by atomic mass is 19.2. The molecule has 6 heteroatoms. The predicted molar refractivity (Wildman–Crippen MR) is 102 cm³/mol. The molecule has 1 fully saturated rings. The van der Waals surface area contributed by atoms with Crippen LogP contribution in [0, 0.1) is 17.6 Å². The van der Waals surface area contributed by atoms with Gasteiger partial charge in [0.05, 0.1) is 13.2 Å². The number of carbonyl (C=O) groups is 1. The Morgan fingerprint density at radius 1 is 1.18 bits per heavy atom. The first-order chi connectivity index (χ1) is 13.5. The molecule has 1 aliphatic rings. The molecule has 0 radical (unpaired) electrons. The van der Waals surface area contributed by atoms with Crippen LogP contribution in [0.2, 0.25) is 0 Å². The fraction of sp³-hybridized carbons (Fsp3) is 0.409. The van der Waals surface area contributed by atoms with Crippen LogP contribution in [0.25, 0.3) is 0 Å². The van der Waals surface area contributed by atoms with E-state index in [9.17, 15) is 18.7 Å². The zero-order valence-electron chi connectivity index (χ0n) is 15.9. The van der Waals surface area contributed by atoms with Crippen LogP contribution in [-0.4, -0.2) is 42.2 Å². The molecule has 1 N–H and O–H groups in total. The average Bonchev–Trinajstić information content (AvgIpc) is 2.74. The van der Waals surface area contributed by atoms with Gasteiger partial charge in [-0.3, -0.25) is 4.79 Å². The molecule has 1 saturated heterocycles. The third kappa shape index (κ3) is 4.50. The van der Waals surface area contributed by atoms with Crippen molar-refractivity contribution in [2.45, 2.75) is 31.8 Å². The number of amides is 1. The van der Waals surface area contributed by atoms with Crippen molar-refractivity contribution < 1.29 is 23.4 Å². The molecule has 4 nitrogen and oxygen atoms in total. The van der Waals surface area contributed by atoms with E-state index >= 15 is 0 Å². The van der Waals surface area contributed by atoms with E-state index in [1.807, 2.05) is 30.3 Å². The van der Waals surface area contributed by atoms with Gasteiger partial charge >= 0.3 is 0 Å². The molecule has 0 bridgehead atoms. The number of methoxy groups -OCH3 is 1. The summed E-state index contributed by atoms with van der Waals surface area (Å²) in [5.41, 5.74) is 0.813. The van der Waals surface area contributed by atoms with Crippen molar-refractivity contribution in [3.8, 4) is 5.75 Å². The summed E-state index contributed by atoms with van der Waals surface area (Å²) in [6, 6.07) is 12.2. The number of nitrogens with zero attached hydrogens (tertiary/aromatic N) is 1. The fourth-order valence-electron chi connectivity index (χ4n) is 3.74. The number of piperidine rings is 1. The van der Waals surface area contributed by atoms with Crippen molar-refractivity contribution >= 4 is 5.91 Å². The standard InChI is InChI=1S/C22H25F2NO3/c1-28-19-10-8-17(23)21(24)20(19)22(27)25-13-11-16(12-14-25)18(26)9-7-15-5-3-2-4-6-15/h2-6,8,10,16,18,26H,7,9,11-14H2,1H3/t18-/m0/s1. The monoisotopic (exact) mass is 389 g/mol. The molecule has 0 aromatic heterocycles. The van der Waals surface area contributed by atoms with Crippen LogP contribution in [0.15, 0.2) is 42.5 Å². The Bertz CT molecular complexity index is 805. The lowest BCUT2D eigenvalue weighted by atomic mass is 9.88. The molecule has 2 aromatic carbocycles. The molecular formula is C22H25F2NO3. The highest BCUT2D eigenvalue weighted by Crippen LogP contribution is 2.29. The summed E-state index contributed by atoms with van der Waals surface area (Å²) in [5.74, 6) is -2.73. The number of carbonyl (C=O) groups excluding carboxylic acids is 1. The number of aliphatic hydroxyl groups is 1. The van der Waals surface area contributed by atoms with Crippen LogP contribution in [-0.2, 0) is 6.42 Å². The van der Waals surface area contributed by atoms with Crippen LogP contribution in [0.3, 0.4) is 0 Å². The Morgan fingerprint density at radius 3 is 2.50 bits per heavy atom. The molecule has 1 atom stereocenters. The van der Waals surface area contributed by atoms with Crippen molar-refractivity contribution in [1.82, 2.24) is 4.90 Å². The Hall–Kier alpha value is -2.47. The Labute approximate surface area is 163 Å². The third-order valence-corrected chi connectivity index (χ3v) is 5.43. The number of hydrogen-bond donors (Lipinski definition) is 1. The van der Waals surface area contributed by atoms with Gasteiger partial charge in [-0.1, -0.05) is 30.3 Å². The van der Waals surface area contributed by atoms with Crippen molar-refractivity contribution in [2.24, 2.45) is 5.92 Å². The number of hydrogen-bond acceptors (Lipinski definition) is 3. The van der Waals surface area contributed by atoms with Gasteiger partial charge in [0.2, 0.25) is 0 Å². The number of rotatable bonds is 6. The van der Waals surface area contributed by atoms with E-state index in [1.165, 1.54) is 23.6 Å². The topological polar surface area (TPSA) is 49.8 Å². The van der Waals surface area contributed by atoms with Crippen LogP contribution in [0.4, 0.5) is 8.78 Å². The van der Waals surface area contributed by atoms with Gasteiger partial charge in [0.25, 0.3) is 5.91 Å². The molecule has 1 amide bonds. The highest BCUT2D eigenvalue weighted by molar-refractivity contribution is 5.97. The summed E-state index contributed by atoms with van der Waals surface area (Å²) in [7, 11) is 1.32. The maximum Gasteiger partial charge on any atom is 0.260 e. The molecule has 2 aromatic rings. The molecule has 1 heterocycles. The van der Waals surface area contributed by atoms with Crippen LogP contribution in [0.1, 0.15) is 35.2 Å². The predicted octanol–water partition coefficient (Wildman–Crippen LogP) is 3.82. The summed E-state index contributed by atoms with van der Waals surface area (Å²) < 4.78 is 32.8. The normalized spacial score (nSPS) is 16.1. The molecule has 0 aliphatic carbocycles. The summed E-state index contributed by atoms with van der Waals surface area (Å²) >= 11 is 0. The third-order valence-electron chi connectivity index (χ3n) is 5.43. The van der Waals surface area contributed by atoms with Gasteiger partial charge in [-0.2, -0.15) is 0 Å². The second-order valence-corrected chi connectivity index (χ2v) is 7.16. The van der Waals surface area contributed by atoms with Crippen molar-refractivity contribution in [2.75, 3.05) is 20.2 Å². The number of halogens is 2. The van der Waals surface area contributed by atoms with E-state index in [-0.39, 0.29) is 17.2 Å². The summed E-state index contributed by atoms with van der Waals surface area (Å²) in [6.07, 6.45) is 2.27. The van der Waals surface area contributed by atoms with E-state index in [0.29, 0.717) is 32.4 Å². The summed E-state index contributed by atoms with van der Waals surface area (Å²) in [5, 5.41) is 10.5. The van der Waals surface area contributed by atoms with E-state index in [0.717, 1.165) is 12.5 Å². The Balaban J connectivity index is 1.58. The Kier molecular flexibility index (Phi) is 6.62. The van der Waals surface area contributed by atoms with Crippen molar-refractivity contribution in [3.05, 3.63) is 65.2 Å². The van der Waals surface area contributed by atoms with Gasteiger partial charge in [-0.05, 0) is 49.3 Å². The van der Waals surface area contributed by atoms with Gasteiger partial charge in [0, 0.05) is 13.1 Å². The lowest BCUT2D eigenvalue weighted by molar-refractivity contribution is 0.0431. The molecule has 0 unspecified atom stereocenters. The van der Waals surface area contributed by atoms with E-state index in [1.54, 1.807) is 0 Å². The number of aryl methyl sites for hydroxylation is 1. The van der Waals surface area contributed by atoms with Gasteiger partial charge in [0.1, 0.15) is 11.3 Å². The van der Waals surface area contributed by atoms with Gasteiger partial charge < -0.3 is 14.7 Å². The maximum atomic E-state index is 14.2. The first-order valence-electron chi connectivity index (χ1n) is 9.54. The number of benzene rings is 2. The lowest BCUT2D eigenvalue weighted by Gasteiger charge is -2.34. The largest absolute Gasteiger partial charge is 0.496 e. The van der Waals surface area contributed by atoms with Crippen molar-refractivity contribution in [3.63, 3.8) is 0 Å². The first-order valence-corrected chi connectivity index (χ1v) is 9.54. The average molecular weight is 389 g/mol. The zero-order valence-corrected chi connectivity index (χ0v) is 15.9. The molecule has 150 valence electrons. The minimum atomic E-state index is -1.19. The van der Waals surface area contributed by atoms with Gasteiger partial charge in [0.15, 0.2) is 11.6 Å². The zero-order chi connectivity index (χ0) is 20.1. The summed E-state index contributed by atoms with van der Waals surface area (Å²) in [4.78, 5) is 14.2. The second-order valence-electron chi connectivity index (χ2n) is 7.16. The van der Waals surface area contributed by atoms with Crippen LogP contribution in [0.5, 0.6) is 5.75 Å². The minimum absolute atomic E-state index is 0.0221. The van der Waals surface area contributed by atoms with Gasteiger partial charge in [-0.25, -0.2) is 8.78 Å². The lowest BCUT2D eigenvalue weighted by Crippen LogP contribution is -2.41. The second kappa shape index (κ2) is 9.15. The number of aliphatic hydroxyl groups excluding tert-OH is 1. The fourth-order valence-corrected chi connectivity index (χ4v) is 3.74. The van der Waals surface area contributed by atoms with E-state index < -0.39 is 23.6 Å². The van der Waals surface area contributed by atoms with Gasteiger partial charge in [-0.15, -0.1) is 0 Å². The molecule has 1 aliphatic heterocycles. The van der Waals surface area contributed by atoms with E-state index in [4.69, 9.17) is 4.74 Å². The minimum Gasteiger partial charge on any atom is -0.496 e. The molecule has 3 rings (SSSR count). The smallest absolute Gasteiger partial charge is 0.260 e. The molecule has 28 heavy (non-hydrogen) atoms. The molecule has 0 saturated carbocycles. The quantitative estimate of drug-likeness (QED) is 0.817. The first kappa shape index (κ1) is 20.3. The molecular weight excluding hydrogens is 364 g/mol. The molecule has 0 spiro atoms. The highest BCUT2D eigenvalue weighted by Gasteiger charge is 2.31.